The summed E-state index contributed by atoms with van der Waals surface area (Å²) < 4.78 is 0. The van der Waals surface area contributed by atoms with Gasteiger partial charge in [0.15, 0.2) is 0 Å². The van der Waals surface area contributed by atoms with E-state index in [9.17, 15) is 14.7 Å². The van der Waals surface area contributed by atoms with E-state index in [2.05, 4.69) is 31.4 Å². The Morgan fingerprint density at radius 2 is 1.96 bits per heavy atom. The minimum atomic E-state index is -0.602. The van der Waals surface area contributed by atoms with Crippen LogP contribution in [0, 0.1) is 18.3 Å². The number of aliphatic hydroxyl groups is 1. The molecule has 2 atom stereocenters. The number of carbonyl (C=O) groups excluding carboxylic acids is 2. The maximum atomic E-state index is 12.9. The molecule has 3 N–H and O–H groups in total. The van der Waals surface area contributed by atoms with Gasteiger partial charge in [-0.05, 0) is 55.2 Å². The Labute approximate surface area is 150 Å². The van der Waals surface area contributed by atoms with Crippen LogP contribution in [0.1, 0.15) is 62.9 Å². The molecule has 1 aliphatic rings. The number of amides is 2. The van der Waals surface area contributed by atoms with Crippen molar-refractivity contribution in [3.05, 3.63) is 29.3 Å². The Bertz CT molecular complexity index is 669. The average molecular weight is 346 g/mol. The van der Waals surface area contributed by atoms with Gasteiger partial charge in [-0.3, -0.25) is 9.59 Å². The third kappa shape index (κ3) is 4.60. The molecule has 0 aromatic heterocycles. The molecule has 1 aliphatic carbocycles. The first-order valence-corrected chi connectivity index (χ1v) is 8.88. The molecule has 0 aliphatic heterocycles. The molecule has 25 heavy (non-hydrogen) atoms. The molecule has 2 rings (SSSR count). The Morgan fingerprint density at radius 3 is 2.52 bits per heavy atom. The van der Waals surface area contributed by atoms with E-state index >= 15 is 0 Å². The molecular formula is C20H30N2O3. The lowest BCUT2D eigenvalue weighted by Crippen LogP contribution is -2.57. The largest absolute Gasteiger partial charge is 0.394 e. The maximum Gasteiger partial charge on any atom is 0.252 e. The molecule has 2 amide bonds. The first-order chi connectivity index (χ1) is 11.6. The van der Waals surface area contributed by atoms with Crippen molar-refractivity contribution in [1.29, 1.82) is 0 Å². The van der Waals surface area contributed by atoms with E-state index in [1.54, 1.807) is 18.2 Å². The lowest BCUT2D eigenvalue weighted by atomic mass is 9.64. The van der Waals surface area contributed by atoms with Crippen LogP contribution in [0.4, 0.5) is 5.69 Å². The van der Waals surface area contributed by atoms with Crippen LogP contribution < -0.4 is 10.6 Å². The lowest BCUT2D eigenvalue weighted by molar-refractivity contribution is -0.114. The second kappa shape index (κ2) is 7.16. The highest BCUT2D eigenvalue weighted by Crippen LogP contribution is 2.43. The van der Waals surface area contributed by atoms with Gasteiger partial charge in [-0.25, -0.2) is 0 Å². The van der Waals surface area contributed by atoms with Gasteiger partial charge in [0.1, 0.15) is 0 Å². The Kier molecular flexibility index (Phi) is 5.57. The number of hydrogen-bond donors (Lipinski definition) is 3. The number of benzene rings is 1. The molecule has 0 saturated heterocycles. The van der Waals surface area contributed by atoms with Gasteiger partial charge in [-0.1, -0.05) is 26.8 Å². The summed E-state index contributed by atoms with van der Waals surface area (Å²) in [5, 5.41) is 15.9. The molecule has 0 heterocycles. The van der Waals surface area contributed by atoms with Gasteiger partial charge in [0, 0.05) is 18.2 Å². The second-order valence-electron chi connectivity index (χ2n) is 8.41. The number of anilines is 1. The zero-order chi connectivity index (χ0) is 18.8. The lowest BCUT2D eigenvalue weighted by Gasteiger charge is -2.47. The summed E-state index contributed by atoms with van der Waals surface area (Å²) in [4.78, 5) is 24.2. The van der Waals surface area contributed by atoms with Gasteiger partial charge in [0.2, 0.25) is 5.91 Å². The van der Waals surface area contributed by atoms with Crippen LogP contribution in [-0.2, 0) is 4.79 Å². The summed E-state index contributed by atoms with van der Waals surface area (Å²) >= 11 is 0. The van der Waals surface area contributed by atoms with Gasteiger partial charge in [0.05, 0.1) is 12.1 Å². The first kappa shape index (κ1) is 19.4. The van der Waals surface area contributed by atoms with Crippen molar-refractivity contribution in [2.75, 3.05) is 11.9 Å². The minimum Gasteiger partial charge on any atom is -0.394 e. The fourth-order valence-corrected chi connectivity index (χ4v) is 4.51. The van der Waals surface area contributed by atoms with Crippen LogP contribution >= 0.6 is 0 Å². The molecule has 5 nitrogen and oxygen atoms in total. The highest BCUT2D eigenvalue weighted by atomic mass is 16.3. The predicted molar refractivity (Wildman–Crippen MR) is 99.6 cm³/mol. The van der Waals surface area contributed by atoms with Gasteiger partial charge >= 0.3 is 0 Å². The van der Waals surface area contributed by atoms with Crippen LogP contribution in [0.3, 0.4) is 0 Å². The number of carbonyl (C=O) groups is 2. The van der Waals surface area contributed by atoms with Crippen LogP contribution in [-0.4, -0.2) is 29.1 Å². The molecule has 5 heteroatoms. The summed E-state index contributed by atoms with van der Waals surface area (Å²) in [5.41, 5.74) is 1.35. The van der Waals surface area contributed by atoms with Crippen LogP contribution in [0.2, 0.25) is 0 Å². The Morgan fingerprint density at radius 1 is 1.28 bits per heavy atom. The third-order valence-corrected chi connectivity index (χ3v) is 5.03. The van der Waals surface area contributed by atoms with E-state index in [1.165, 1.54) is 6.92 Å². The second-order valence-corrected chi connectivity index (χ2v) is 8.41. The fraction of sp³-hybridized carbons (Fsp3) is 0.600. The molecule has 1 aromatic rings. The number of aliphatic hydroxyl groups excluding tert-OH is 1. The van der Waals surface area contributed by atoms with Crippen molar-refractivity contribution in [3.63, 3.8) is 0 Å². The Balaban J connectivity index is 2.27. The number of hydrogen-bond acceptors (Lipinski definition) is 3. The van der Waals surface area contributed by atoms with Crippen molar-refractivity contribution in [3.8, 4) is 0 Å². The third-order valence-electron chi connectivity index (χ3n) is 5.03. The quantitative estimate of drug-likeness (QED) is 0.783. The van der Waals surface area contributed by atoms with Crippen molar-refractivity contribution in [1.82, 2.24) is 5.32 Å². The monoisotopic (exact) mass is 346 g/mol. The van der Waals surface area contributed by atoms with Crippen molar-refractivity contribution < 1.29 is 14.7 Å². The van der Waals surface area contributed by atoms with Crippen molar-refractivity contribution >= 4 is 17.5 Å². The zero-order valence-electron chi connectivity index (χ0n) is 15.9. The Hall–Kier alpha value is -1.88. The van der Waals surface area contributed by atoms with Crippen LogP contribution in [0.15, 0.2) is 18.2 Å². The van der Waals surface area contributed by atoms with Crippen LogP contribution in [0.5, 0.6) is 0 Å². The molecule has 0 bridgehead atoms. The van der Waals surface area contributed by atoms with E-state index in [4.69, 9.17) is 0 Å². The van der Waals surface area contributed by atoms with Gasteiger partial charge in [-0.15, -0.1) is 0 Å². The summed E-state index contributed by atoms with van der Waals surface area (Å²) in [5.74, 6) is 0.0574. The van der Waals surface area contributed by atoms with E-state index in [-0.39, 0.29) is 23.8 Å². The van der Waals surface area contributed by atoms with Gasteiger partial charge in [0.25, 0.3) is 5.91 Å². The van der Waals surface area contributed by atoms with Crippen molar-refractivity contribution in [2.24, 2.45) is 11.3 Å². The average Bonchev–Trinajstić information content (AvgIpc) is 2.46. The number of rotatable bonds is 4. The fourth-order valence-electron chi connectivity index (χ4n) is 4.51. The number of nitrogens with one attached hydrogen (secondary N) is 2. The molecule has 1 saturated carbocycles. The summed E-state index contributed by atoms with van der Waals surface area (Å²) in [6, 6.07) is 5.28. The van der Waals surface area contributed by atoms with Crippen molar-refractivity contribution in [2.45, 2.75) is 59.4 Å². The highest BCUT2D eigenvalue weighted by Gasteiger charge is 2.43. The van der Waals surface area contributed by atoms with Gasteiger partial charge < -0.3 is 15.7 Å². The zero-order valence-corrected chi connectivity index (χ0v) is 15.9. The molecule has 0 unspecified atom stereocenters. The summed E-state index contributed by atoms with van der Waals surface area (Å²) in [6.45, 7) is 9.72. The highest BCUT2D eigenvalue weighted by molar-refractivity contribution is 5.99. The topological polar surface area (TPSA) is 78.4 Å². The predicted octanol–water partition coefficient (Wildman–Crippen LogP) is 3.26. The molecule has 1 fully saturated rings. The standard InChI is InChI=1S/C20H30N2O3/c1-13-9-19(4,5)11-20(10-13,12-23)22-18(25)16-7-6-8-17(14(16)2)21-15(3)24/h6-8,13,23H,9-12H2,1-5H3,(H,21,24)(H,22,25)/t13-,20-/m1/s1. The normalized spacial score (nSPS) is 25.3. The molecule has 1 aromatic carbocycles. The first-order valence-electron chi connectivity index (χ1n) is 8.88. The van der Waals surface area contributed by atoms with Gasteiger partial charge in [-0.2, -0.15) is 0 Å². The molecule has 138 valence electrons. The molecule has 0 radical (unpaired) electrons. The molecular weight excluding hydrogens is 316 g/mol. The van der Waals surface area contributed by atoms with Crippen LogP contribution in [0.25, 0.3) is 0 Å². The van der Waals surface area contributed by atoms with E-state index < -0.39 is 5.54 Å². The maximum absolute atomic E-state index is 12.9. The smallest absolute Gasteiger partial charge is 0.252 e. The summed E-state index contributed by atoms with van der Waals surface area (Å²) in [6.07, 6.45) is 2.60. The van der Waals surface area contributed by atoms with E-state index in [0.29, 0.717) is 17.2 Å². The SMILES string of the molecule is CC(=O)Nc1cccc(C(=O)N[C@]2(CO)C[C@H](C)CC(C)(C)C2)c1C. The van der Waals surface area contributed by atoms with E-state index in [0.717, 1.165) is 24.8 Å². The summed E-state index contributed by atoms with van der Waals surface area (Å²) in [7, 11) is 0. The van der Waals surface area contributed by atoms with E-state index in [1.807, 2.05) is 6.92 Å². The minimum absolute atomic E-state index is 0.0702. The molecule has 0 spiro atoms.